The Kier molecular flexibility index (Phi) is 3.07. The summed E-state index contributed by atoms with van der Waals surface area (Å²) in [5, 5.41) is 18.8. The molecule has 19 heavy (non-hydrogen) atoms. The van der Waals surface area contributed by atoms with Crippen LogP contribution in [0.15, 0.2) is 17.1 Å². The molecule has 0 amide bonds. The van der Waals surface area contributed by atoms with Crippen LogP contribution in [0.4, 0.5) is 14.6 Å². The molecule has 1 fully saturated rings. The molecule has 106 valence electrons. The summed E-state index contributed by atoms with van der Waals surface area (Å²) in [5.74, 6) is -3.17. The average Bonchev–Trinajstić information content (AvgIpc) is 2.51. The van der Waals surface area contributed by atoms with Gasteiger partial charge in [-0.3, -0.25) is 4.57 Å². The second-order valence-electron chi connectivity index (χ2n) is 4.55. The molecule has 0 unspecified atom stereocenters. The van der Waals surface area contributed by atoms with Gasteiger partial charge in [0.2, 0.25) is 0 Å². The fourth-order valence-corrected chi connectivity index (χ4v) is 1.99. The van der Waals surface area contributed by atoms with Crippen molar-refractivity contribution in [2.24, 2.45) is 0 Å². The predicted octanol–water partition coefficient (Wildman–Crippen LogP) is -0.899. The number of aliphatic hydroxyl groups excluding tert-OH is 1. The van der Waals surface area contributed by atoms with E-state index < -0.39 is 36.2 Å². The van der Waals surface area contributed by atoms with Gasteiger partial charge in [-0.25, -0.2) is 13.6 Å². The van der Waals surface area contributed by atoms with Crippen LogP contribution in [0.25, 0.3) is 0 Å². The molecular weight excluding hydrogens is 264 g/mol. The summed E-state index contributed by atoms with van der Waals surface area (Å²) in [6.45, 7) is -0.333. The van der Waals surface area contributed by atoms with Crippen molar-refractivity contribution in [3.63, 3.8) is 0 Å². The van der Waals surface area contributed by atoms with Gasteiger partial charge in [0.25, 0.3) is 5.85 Å². The predicted molar refractivity (Wildman–Crippen MR) is 59.5 cm³/mol. The Labute approximate surface area is 106 Å². The van der Waals surface area contributed by atoms with Crippen LogP contribution >= 0.6 is 0 Å². The first-order valence-corrected chi connectivity index (χ1v) is 5.41. The van der Waals surface area contributed by atoms with Crippen LogP contribution in [0, 0.1) is 0 Å². The van der Waals surface area contributed by atoms with Gasteiger partial charge >= 0.3 is 5.69 Å². The Hall–Kier alpha value is -1.58. The molecule has 1 aromatic rings. The number of aromatic nitrogens is 2. The van der Waals surface area contributed by atoms with Crippen LogP contribution in [0.5, 0.6) is 0 Å². The van der Waals surface area contributed by atoms with Gasteiger partial charge in [0, 0.05) is 6.20 Å². The lowest BCUT2D eigenvalue weighted by Gasteiger charge is -2.25. The molecule has 1 saturated heterocycles. The second kappa shape index (κ2) is 4.22. The summed E-state index contributed by atoms with van der Waals surface area (Å²) >= 11 is 0. The van der Waals surface area contributed by atoms with Gasteiger partial charge in [0.15, 0.2) is 12.4 Å². The molecular formula is C10H13F2N3O4. The molecule has 0 radical (unpaired) electrons. The lowest BCUT2D eigenvalue weighted by molar-refractivity contribution is -0.197. The van der Waals surface area contributed by atoms with Crippen LogP contribution in [0.2, 0.25) is 0 Å². The molecule has 0 saturated carbocycles. The van der Waals surface area contributed by atoms with E-state index in [-0.39, 0.29) is 5.82 Å². The lowest BCUT2D eigenvalue weighted by atomic mass is 9.97. The van der Waals surface area contributed by atoms with Crippen LogP contribution in [0.3, 0.4) is 0 Å². The smallest absolute Gasteiger partial charge is 0.351 e. The van der Waals surface area contributed by atoms with Crippen LogP contribution < -0.4 is 11.4 Å². The fourth-order valence-electron chi connectivity index (χ4n) is 1.99. The van der Waals surface area contributed by atoms with Gasteiger partial charge in [-0.1, -0.05) is 0 Å². The van der Waals surface area contributed by atoms with E-state index in [9.17, 15) is 18.7 Å². The Morgan fingerprint density at radius 3 is 2.79 bits per heavy atom. The fraction of sp³-hybridized carbons (Fsp3) is 0.600. The summed E-state index contributed by atoms with van der Waals surface area (Å²) in [6, 6.07) is 1.21. The molecule has 0 spiro atoms. The van der Waals surface area contributed by atoms with E-state index in [1.807, 2.05) is 0 Å². The zero-order valence-electron chi connectivity index (χ0n) is 9.96. The minimum Gasteiger partial charge on any atom is -0.390 e. The zero-order chi connectivity index (χ0) is 14.4. The summed E-state index contributed by atoms with van der Waals surface area (Å²) in [4.78, 5) is 15.0. The first kappa shape index (κ1) is 13.8. The third-order valence-corrected chi connectivity index (χ3v) is 3.02. The van der Waals surface area contributed by atoms with Gasteiger partial charge in [0.1, 0.15) is 18.0 Å². The SMILES string of the molecule is C[C@]1(O)[C@H](n2ccc(N)nc2=O)O[C@](F)(CO)[C@H]1F. The van der Waals surface area contributed by atoms with Crippen molar-refractivity contribution in [3.8, 4) is 0 Å². The second-order valence-corrected chi connectivity index (χ2v) is 4.55. The van der Waals surface area contributed by atoms with Gasteiger partial charge in [-0.15, -0.1) is 0 Å². The normalized spacial score (nSPS) is 38.6. The standard InChI is InChI=1S/C10H13F2N3O4/c1-9(18)6(11)10(12,4-16)19-7(9)15-3-2-5(13)14-8(15)17/h2-3,6-7,16,18H,4H2,1H3,(H2,13,14,17)/t6-,7+,9+,10+/m0/s1. The van der Waals surface area contributed by atoms with Crippen molar-refractivity contribution in [2.75, 3.05) is 12.3 Å². The van der Waals surface area contributed by atoms with Crippen LogP contribution in [-0.4, -0.2) is 44.0 Å². The lowest BCUT2D eigenvalue weighted by Crippen LogP contribution is -2.47. The molecule has 1 aromatic heterocycles. The van der Waals surface area contributed by atoms with Crippen molar-refractivity contribution in [1.29, 1.82) is 0 Å². The molecule has 0 aliphatic carbocycles. The van der Waals surface area contributed by atoms with Crippen molar-refractivity contribution < 1.29 is 23.7 Å². The van der Waals surface area contributed by atoms with Gasteiger partial charge in [-0.2, -0.15) is 4.98 Å². The topological polar surface area (TPSA) is 111 Å². The van der Waals surface area contributed by atoms with Crippen molar-refractivity contribution >= 4 is 5.82 Å². The van der Waals surface area contributed by atoms with E-state index >= 15 is 0 Å². The van der Waals surface area contributed by atoms with Crippen LogP contribution in [-0.2, 0) is 4.74 Å². The van der Waals surface area contributed by atoms with Crippen molar-refractivity contribution in [3.05, 3.63) is 22.7 Å². The minimum absolute atomic E-state index is 0.0793. The number of rotatable bonds is 2. The Morgan fingerprint density at radius 1 is 1.68 bits per heavy atom. The number of ether oxygens (including phenoxy) is 1. The maximum absolute atomic E-state index is 13.9. The Balaban J connectivity index is 2.48. The molecule has 0 aromatic carbocycles. The molecule has 2 heterocycles. The van der Waals surface area contributed by atoms with E-state index in [1.165, 1.54) is 6.07 Å². The number of hydrogen-bond acceptors (Lipinski definition) is 6. The number of halogens is 2. The minimum atomic E-state index is -3.09. The monoisotopic (exact) mass is 277 g/mol. The number of nitrogen functional groups attached to an aromatic ring is 1. The number of alkyl halides is 2. The first-order valence-electron chi connectivity index (χ1n) is 5.41. The largest absolute Gasteiger partial charge is 0.390 e. The number of hydrogen-bond donors (Lipinski definition) is 3. The number of anilines is 1. The van der Waals surface area contributed by atoms with Crippen molar-refractivity contribution in [2.45, 2.75) is 30.8 Å². The Bertz CT molecular complexity index is 550. The number of nitrogens with zero attached hydrogens (tertiary/aromatic N) is 2. The quantitative estimate of drug-likeness (QED) is 0.646. The highest BCUT2D eigenvalue weighted by Crippen LogP contribution is 2.46. The van der Waals surface area contributed by atoms with E-state index in [2.05, 4.69) is 9.72 Å². The summed E-state index contributed by atoms with van der Waals surface area (Å²) in [6.07, 6.45) is -3.10. The molecule has 4 atom stereocenters. The molecule has 1 aliphatic rings. The third kappa shape index (κ3) is 1.99. The van der Waals surface area contributed by atoms with Crippen molar-refractivity contribution in [1.82, 2.24) is 9.55 Å². The zero-order valence-corrected chi connectivity index (χ0v) is 9.96. The average molecular weight is 277 g/mol. The molecule has 2 rings (SSSR count). The van der Waals surface area contributed by atoms with Gasteiger partial charge in [-0.05, 0) is 13.0 Å². The highest BCUT2D eigenvalue weighted by Gasteiger charge is 2.64. The highest BCUT2D eigenvalue weighted by atomic mass is 19.2. The van der Waals surface area contributed by atoms with E-state index in [0.29, 0.717) is 4.57 Å². The van der Waals surface area contributed by atoms with Gasteiger partial charge < -0.3 is 20.7 Å². The van der Waals surface area contributed by atoms with E-state index in [1.54, 1.807) is 0 Å². The molecule has 0 bridgehead atoms. The maximum Gasteiger partial charge on any atom is 0.351 e. The Morgan fingerprint density at radius 2 is 2.32 bits per heavy atom. The van der Waals surface area contributed by atoms with Crippen LogP contribution in [0.1, 0.15) is 13.2 Å². The van der Waals surface area contributed by atoms with Gasteiger partial charge in [0.05, 0.1) is 0 Å². The number of aliphatic hydroxyl groups is 2. The summed E-state index contributed by atoms with van der Waals surface area (Å²) in [5.41, 5.74) is 2.01. The molecule has 4 N–H and O–H groups in total. The van der Waals surface area contributed by atoms with E-state index in [4.69, 9.17) is 10.8 Å². The highest BCUT2D eigenvalue weighted by molar-refractivity contribution is 5.24. The summed E-state index contributed by atoms with van der Waals surface area (Å²) in [7, 11) is 0. The first-order chi connectivity index (χ1) is 8.72. The van der Waals surface area contributed by atoms with E-state index in [0.717, 1.165) is 13.1 Å². The summed E-state index contributed by atoms with van der Waals surface area (Å²) < 4.78 is 33.1. The third-order valence-electron chi connectivity index (χ3n) is 3.02. The molecule has 1 aliphatic heterocycles. The number of nitrogens with two attached hydrogens (primary N) is 1. The molecule has 7 nitrogen and oxygen atoms in total. The molecule has 9 heteroatoms. The maximum atomic E-state index is 13.9.